The van der Waals surface area contributed by atoms with Gasteiger partial charge in [-0.3, -0.25) is 0 Å². The van der Waals surface area contributed by atoms with E-state index in [0.717, 1.165) is 29.8 Å². The number of carbonyl (C=O) groups is 1. The van der Waals surface area contributed by atoms with Gasteiger partial charge in [0.15, 0.2) is 9.84 Å². The number of halogens is 1. The molecule has 1 heterocycles. The normalized spacial score (nSPS) is 13.7. The Kier molecular flexibility index (Phi) is 7.11. The van der Waals surface area contributed by atoms with E-state index in [0.29, 0.717) is 16.5 Å². The van der Waals surface area contributed by atoms with Crippen LogP contribution in [0.3, 0.4) is 0 Å². The number of anilines is 1. The van der Waals surface area contributed by atoms with Crippen molar-refractivity contribution in [2.75, 3.05) is 12.4 Å². The lowest BCUT2D eigenvalue weighted by molar-refractivity contribution is 0.249. The highest BCUT2D eigenvalue weighted by Gasteiger charge is 2.18. The predicted molar refractivity (Wildman–Crippen MR) is 133 cm³/mol. The molecule has 9 heteroatoms. The summed E-state index contributed by atoms with van der Waals surface area (Å²) in [4.78, 5) is 12.6. The molecule has 0 radical (unpaired) electrons. The molecule has 1 aliphatic heterocycles. The molecule has 3 aromatic rings. The molecule has 7 nitrogen and oxygen atoms in total. The van der Waals surface area contributed by atoms with Gasteiger partial charge in [-0.2, -0.15) is 0 Å². The zero-order valence-electron chi connectivity index (χ0n) is 18.9. The lowest BCUT2D eigenvalue weighted by Crippen LogP contribution is -2.31. The molecule has 0 bridgehead atoms. The van der Waals surface area contributed by atoms with Crippen molar-refractivity contribution in [3.8, 4) is 5.75 Å². The second kappa shape index (κ2) is 10.0. The van der Waals surface area contributed by atoms with Crippen LogP contribution < -0.4 is 20.7 Å². The Morgan fingerprint density at radius 3 is 2.50 bits per heavy atom. The van der Waals surface area contributed by atoms with Crippen molar-refractivity contribution in [1.29, 1.82) is 0 Å². The third-order valence-corrected chi connectivity index (χ3v) is 7.75. The van der Waals surface area contributed by atoms with Crippen LogP contribution in [0.2, 0.25) is 5.02 Å². The summed E-state index contributed by atoms with van der Waals surface area (Å²) in [7, 11) is -1.97. The van der Waals surface area contributed by atoms with Crippen LogP contribution in [0.15, 0.2) is 65.6 Å². The zero-order chi connectivity index (χ0) is 24.3. The lowest BCUT2D eigenvalue weighted by Gasteiger charge is -2.16. The minimum atomic E-state index is -3.51. The highest BCUT2D eigenvalue weighted by Crippen LogP contribution is 2.28. The standard InChI is InChI=1S/C25H26ClN3O4S/c1-16(18-5-10-24(33-2)23(26)12-18)28-25(30)29-21-6-8-22(9-7-21)34(31,32)15-17-3-4-19-13-27-14-20(19)11-17/h3-12,16,27H,13-15H2,1-2H3,(H2,28,29,30). The van der Waals surface area contributed by atoms with E-state index in [1.54, 1.807) is 24.3 Å². The van der Waals surface area contributed by atoms with Crippen LogP contribution in [0.5, 0.6) is 5.75 Å². The van der Waals surface area contributed by atoms with Crippen LogP contribution in [0, 0.1) is 0 Å². The van der Waals surface area contributed by atoms with E-state index in [1.165, 1.54) is 24.8 Å². The maximum atomic E-state index is 12.9. The molecule has 0 aliphatic carbocycles. The van der Waals surface area contributed by atoms with Gasteiger partial charge < -0.3 is 20.7 Å². The van der Waals surface area contributed by atoms with Crippen molar-refractivity contribution in [2.24, 2.45) is 0 Å². The van der Waals surface area contributed by atoms with Gasteiger partial charge in [-0.05, 0) is 65.6 Å². The first kappa shape index (κ1) is 24.1. The zero-order valence-corrected chi connectivity index (χ0v) is 20.5. The third-order valence-electron chi connectivity index (χ3n) is 5.75. The van der Waals surface area contributed by atoms with E-state index in [9.17, 15) is 13.2 Å². The molecule has 3 aromatic carbocycles. The molecular formula is C25H26ClN3O4S. The number of nitrogens with one attached hydrogen (secondary N) is 3. The van der Waals surface area contributed by atoms with Crippen LogP contribution >= 0.6 is 11.6 Å². The molecule has 1 aliphatic rings. The molecule has 1 atom stereocenters. The number of hydrogen-bond acceptors (Lipinski definition) is 5. The molecule has 0 saturated heterocycles. The smallest absolute Gasteiger partial charge is 0.319 e. The van der Waals surface area contributed by atoms with Gasteiger partial charge in [0, 0.05) is 18.8 Å². The van der Waals surface area contributed by atoms with Crippen LogP contribution in [0.4, 0.5) is 10.5 Å². The van der Waals surface area contributed by atoms with Crippen molar-refractivity contribution < 1.29 is 17.9 Å². The first-order chi connectivity index (χ1) is 16.2. The molecule has 34 heavy (non-hydrogen) atoms. The summed E-state index contributed by atoms with van der Waals surface area (Å²) in [5.41, 5.74) is 4.42. The van der Waals surface area contributed by atoms with Gasteiger partial charge in [-0.1, -0.05) is 35.9 Å². The number of ether oxygens (including phenoxy) is 1. The van der Waals surface area contributed by atoms with Crippen molar-refractivity contribution in [3.63, 3.8) is 0 Å². The number of amides is 2. The number of urea groups is 1. The summed E-state index contributed by atoms with van der Waals surface area (Å²) in [5.74, 6) is 0.487. The van der Waals surface area contributed by atoms with Gasteiger partial charge in [-0.25, -0.2) is 13.2 Å². The summed E-state index contributed by atoms with van der Waals surface area (Å²) in [6, 6.07) is 16.5. The van der Waals surface area contributed by atoms with E-state index < -0.39 is 15.9 Å². The number of rotatable bonds is 7. The fourth-order valence-corrected chi connectivity index (χ4v) is 5.49. The molecule has 2 amide bonds. The molecule has 178 valence electrons. The van der Waals surface area contributed by atoms with Crippen molar-refractivity contribution >= 4 is 33.2 Å². The average molecular weight is 500 g/mol. The molecule has 0 fully saturated rings. The quantitative estimate of drug-likeness (QED) is 0.433. The number of methoxy groups -OCH3 is 1. The van der Waals surface area contributed by atoms with Gasteiger partial charge in [0.25, 0.3) is 0 Å². The fourth-order valence-electron chi connectivity index (χ4n) is 3.89. The van der Waals surface area contributed by atoms with Crippen LogP contribution in [-0.4, -0.2) is 21.6 Å². The van der Waals surface area contributed by atoms with Crippen molar-refractivity contribution in [3.05, 3.63) is 87.9 Å². The largest absolute Gasteiger partial charge is 0.495 e. The Balaban J connectivity index is 1.37. The summed E-state index contributed by atoms with van der Waals surface area (Å²) in [6.45, 7) is 3.41. The highest BCUT2D eigenvalue weighted by molar-refractivity contribution is 7.90. The van der Waals surface area contributed by atoms with Crippen molar-refractivity contribution in [1.82, 2.24) is 10.6 Å². The van der Waals surface area contributed by atoms with Gasteiger partial charge in [-0.15, -0.1) is 0 Å². The lowest BCUT2D eigenvalue weighted by atomic mass is 10.1. The molecule has 0 saturated carbocycles. The molecule has 4 rings (SSSR count). The number of fused-ring (bicyclic) bond motifs is 1. The van der Waals surface area contributed by atoms with Crippen LogP contribution in [-0.2, 0) is 28.7 Å². The highest BCUT2D eigenvalue weighted by atomic mass is 35.5. The van der Waals surface area contributed by atoms with Gasteiger partial charge in [0.05, 0.1) is 28.8 Å². The maximum Gasteiger partial charge on any atom is 0.319 e. The van der Waals surface area contributed by atoms with Gasteiger partial charge in [0.2, 0.25) is 0 Å². The minimum Gasteiger partial charge on any atom is -0.495 e. The predicted octanol–water partition coefficient (Wildman–Crippen LogP) is 4.81. The van der Waals surface area contributed by atoms with E-state index in [1.807, 2.05) is 31.2 Å². The summed E-state index contributed by atoms with van der Waals surface area (Å²) < 4.78 is 30.9. The summed E-state index contributed by atoms with van der Waals surface area (Å²) in [6.07, 6.45) is 0. The average Bonchev–Trinajstić information content (AvgIpc) is 3.27. The third kappa shape index (κ3) is 5.52. The van der Waals surface area contributed by atoms with E-state index >= 15 is 0 Å². The second-order valence-electron chi connectivity index (χ2n) is 8.20. The van der Waals surface area contributed by atoms with E-state index in [2.05, 4.69) is 16.0 Å². The second-order valence-corrected chi connectivity index (χ2v) is 10.6. The SMILES string of the molecule is COc1ccc(C(C)NC(=O)Nc2ccc(S(=O)(=O)Cc3ccc4c(c3)CNC4)cc2)cc1Cl. The van der Waals surface area contributed by atoms with Crippen molar-refractivity contribution in [2.45, 2.75) is 36.7 Å². The number of hydrogen-bond donors (Lipinski definition) is 3. The molecule has 0 aromatic heterocycles. The summed E-state index contributed by atoms with van der Waals surface area (Å²) >= 11 is 6.16. The Labute approximate surface area is 204 Å². The molecule has 1 unspecified atom stereocenters. The Morgan fingerprint density at radius 2 is 1.79 bits per heavy atom. The van der Waals surface area contributed by atoms with Gasteiger partial charge >= 0.3 is 6.03 Å². The number of sulfone groups is 1. The Hall–Kier alpha value is -3.07. The first-order valence-electron chi connectivity index (χ1n) is 10.8. The van der Waals surface area contributed by atoms with E-state index in [4.69, 9.17) is 16.3 Å². The van der Waals surface area contributed by atoms with Crippen LogP contribution in [0.25, 0.3) is 0 Å². The topological polar surface area (TPSA) is 96.5 Å². The molecular weight excluding hydrogens is 474 g/mol. The summed E-state index contributed by atoms with van der Waals surface area (Å²) in [5, 5.41) is 9.28. The minimum absolute atomic E-state index is 0.0739. The molecule has 3 N–H and O–H groups in total. The monoisotopic (exact) mass is 499 g/mol. The van der Waals surface area contributed by atoms with E-state index in [-0.39, 0.29) is 16.7 Å². The Bertz CT molecular complexity index is 1310. The number of carbonyl (C=O) groups excluding carboxylic acids is 1. The fraction of sp³-hybridized carbons (Fsp3) is 0.240. The first-order valence-corrected chi connectivity index (χ1v) is 12.8. The molecule has 0 spiro atoms. The number of benzene rings is 3. The van der Waals surface area contributed by atoms with Crippen LogP contribution in [0.1, 0.15) is 35.2 Å². The van der Waals surface area contributed by atoms with Gasteiger partial charge in [0.1, 0.15) is 5.75 Å². The maximum absolute atomic E-state index is 12.9. The Morgan fingerprint density at radius 1 is 1.06 bits per heavy atom.